The SMILES string of the molecule is COc1ccc(Cn2c(COc3ccc4ccccc4c3)nc3ccccc32)cc1OC. The molecule has 4 aromatic carbocycles. The summed E-state index contributed by atoms with van der Waals surface area (Å²) >= 11 is 0. The first-order valence-electron chi connectivity index (χ1n) is 10.5. The predicted molar refractivity (Wildman–Crippen MR) is 127 cm³/mol. The minimum atomic E-state index is 0.375. The van der Waals surface area contributed by atoms with Crippen LogP contribution in [0.15, 0.2) is 84.9 Å². The Hall–Kier alpha value is -3.99. The van der Waals surface area contributed by atoms with Crippen molar-refractivity contribution in [3.63, 3.8) is 0 Å². The minimum Gasteiger partial charge on any atom is -0.493 e. The molecule has 0 saturated heterocycles. The van der Waals surface area contributed by atoms with Gasteiger partial charge in [-0.25, -0.2) is 4.98 Å². The monoisotopic (exact) mass is 424 g/mol. The van der Waals surface area contributed by atoms with E-state index in [-0.39, 0.29) is 0 Å². The Bertz CT molecular complexity index is 1390. The molecule has 0 N–H and O–H groups in total. The Kier molecular flexibility index (Phi) is 5.38. The number of rotatable bonds is 7. The van der Waals surface area contributed by atoms with E-state index in [2.05, 4.69) is 34.9 Å². The molecule has 5 rings (SSSR count). The second-order valence-corrected chi connectivity index (χ2v) is 7.59. The van der Waals surface area contributed by atoms with Crippen LogP contribution in [0.3, 0.4) is 0 Å². The zero-order chi connectivity index (χ0) is 21.9. The number of benzene rings is 4. The maximum atomic E-state index is 6.16. The van der Waals surface area contributed by atoms with Crippen LogP contribution in [-0.2, 0) is 13.2 Å². The highest BCUT2D eigenvalue weighted by molar-refractivity contribution is 5.83. The van der Waals surface area contributed by atoms with Crippen molar-refractivity contribution >= 4 is 21.8 Å². The van der Waals surface area contributed by atoms with Crippen molar-refractivity contribution in [1.82, 2.24) is 9.55 Å². The molecule has 0 atom stereocenters. The first-order chi connectivity index (χ1) is 15.7. The van der Waals surface area contributed by atoms with Gasteiger partial charge in [-0.2, -0.15) is 0 Å². The van der Waals surface area contributed by atoms with Crippen LogP contribution < -0.4 is 14.2 Å². The van der Waals surface area contributed by atoms with Crippen molar-refractivity contribution in [1.29, 1.82) is 0 Å². The second kappa shape index (κ2) is 8.63. The zero-order valence-electron chi connectivity index (χ0n) is 18.1. The van der Waals surface area contributed by atoms with Gasteiger partial charge < -0.3 is 18.8 Å². The molecule has 0 spiro atoms. The van der Waals surface area contributed by atoms with E-state index in [0.717, 1.165) is 33.6 Å². The molecule has 32 heavy (non-hydrogen) atoms. The third-order valence-electron chi connectivity index (χ3n) is 5.61. The second-order valence-electron chi connectivity index (χ2n) is 7.59. The summed E-state index contributed by atoms with van der Waals surface area (Å²) in [7, 11) is 3.29. The van der Waals surface area contributed by atoms with E-state index >= 15 is 0 Å². The molecule has 1 heterocycles. The van der Waals surface area contributed by atoms with Gasteiger partial charge in [0.1, 0.15) is 18.2 Å². The first kappa shape index (κ1) is 19.9. The van der Waals surface area contributed by atoms with E-state index < -0.39 is 0 Å². The predicted octanol–water partition coefficient (Wildman–Crippen LogP) is 5.83. The molecular weight excluding hydrogens is 400 g/mol. The van der Waals surface area contributed by atoms with Gasteiger partial charge in [0.2, 0.25) is 0 Å². The van der Waals surface area contributed by atoms with Crippen LogP contribution in [0.2, 0.25) is 0 Å². The molecule has 1 aromatic heterocycles. The highest BCUT2D eigenvalue weighted by Gasteiger charge is 2.13. The quantitative estimate of drug-likeness (QED) is 0.330. The van der Waals surface area contributed by atoms with Gasteiger partial charge >= 0.3 is 0 Å². The van der Waals surface area contributed by atoms with Crippen molar-refractivity contribution in [2.75, 3.05) is 14.2 Å². The van der Waals surface area contributed by atoms with Gasteiger partial charge in [-0.05, 0) is 52.7 Å². The topological polar surface area (TPSA) is 45.5 Å². The van der Waals surface area contributed by atoms with Crippen molar-refractivity contribution in [2.45, 2.75) is 13.2 Å². The van der Waals surface area contributed by atoms with Crippen molar-refractivity contribution in [2.24, 2.45) is 0 Å². The average Bonchev–Trinajstić information content (AvgIpc) is 3.19. The van der Waals surface area contributed by atoms with Gasteiger partial charge in [0.05, 0.1) is 25.3 Å². The normalized spacial score (nSPS) is 11.1. The Morgan fingerprint density at radius 3 is 2.38 bits per heavy atom. The van der Waals surface area contributed by atoms with Crippen LogP contribution in [0, 0.1) is 0 Å². The maximum Gasteiger partial charge on any atom is 0.161 e. The van der Waals surface area contributed by atoms with Gasteiger partial charge in [-0.3, -0.25) is 0 Å². The van der Waals surface area contributed by atoms with Crippen molar-refractivity contribution < 1.29 is 14.2 Å². The summed E-state index contributed by atoms with van der Waals surface area (Å²) in [6, 6.07) is 28.5. The van der Waals surface area contributed by atoms with E-state index in [1.807, 2.05) is 54.6 Å². The number of methoxy groups -OCH3 is 2. The third-order valence-corrected chi connectivity index (χ3v) is 5.61. The fourth-order valence-electron chi connectivity index (χ4n) is 3.98. The van der Waals surface area contributed by atoms with Crippen LogP contribution in [0.1, 0.15) is 11.4 Å². The van der Waals surface area contributed by atoms with E-state index in [4.69, 9.17) is 19.2 Å². The smallest absolute Gasteiger partial charge is 0.161 e. The number of fused-ring (bicyclic) bond motifs is 2. The fraction of sp³-hybridized carbons (Fsp3) is 0.148. The lowest BCUT2D eigenvalue weighted by Crippen LogP contribution is -2.08. The number of nitrogens with zero attached hydrogens (tertiary/aromatic N) is 2. The molecule has 0 unspecified atom stereocenters. The Morgan fingerprint density at radius 1 is 0.750 bits per heavy atom. The van der Waals surface area contributed by atoms with Crippen LogP contribution in [-0.4, -0.2) is 23.8 Å². The average molecular weight is 425 g/mol. The van der Waals surface area contributed by atoms with Crippen molar-refractivity contribution in [3.8, 4) is 17.2 Å². The molecule has 0 amide bonds. The summed E-state index contributed by atoms with van der Waals surface area (Å²) in [6.07, 6.45) is 0. The zero-order valence-corrected chi connectivity index (χ0v) is 18.1. The van der Waals surface area contributed by atoms with E-state index in [9.17, 15) is 0 Å². The van der Waals surface area contributed by atoms with Crippen LogP contribution in [0.5, 0.6) is 17.2 Å². The first-order valence-corrected chi connectivity index (χ1v) is 10.5. The van der Waals surface area contributed by atoms with E-state index in [1.165, 1.54) is 5.39 Å². The van der Waals surface area contributed by atoms with Gasteiger partial charge in [0, 0.05) is 6.54 Å². The van der Waals surface area contributed by atoms with Crippen molar-refractivity contribution in [3.05, 3.63) is 96.3 Å². The minimum absolute atomic E-state index is 0.375. The summed E-state index contributed by atoms with van der Waals surface area (Å²) in [4.78, 5) is 4.84. The molecule has 0 saturated carbocycles. The number of hydrogen-bond acceptors (Lipinski definition) is 4. The summed E-state index contributed by atoms with van der Waals surface area (Å²) in [5.74, 6) is 3.12. The van der Waals surface area contributed by atoms with Gasteiger partial charge in [0.25, 0.3) is 0 Å². The molecule has 0 aliphatic rings. The van der Waals surface area contributed by atoms with Crippen LogP contribution in [0.25, 0.3) is 21.8 Å². The fourth-order valence-corrected chi connectivity index (χ4v) is 3.98. The van der Waals surface area contributed by atoms with Gasteiger partial charge in [0.15, 0.2) is 11.5 Å². The largest absolute Gasteiger partial charge is 0.493 e. The number of aromatic nitrogens is 2. The Morgan fingerprint density at radius 2 is 1.53 bits per heavy atom. The summed E-state index contributed by atoms with van der Waals surface area (Å²) < 4.78 is 19.2. The molecule has 0 aliphatic carbocycles. The summed E-state index contributed by atoms with van der Waals surface area (Å²) in [6.45, 7) is 1.03. The number of ether oxygens (including phenoxy) is 3. The van der Waals surface area contributed by atoms with Gasteiger partial charge in [-0.1, -0.05) is 48.5 Å². The van der Waals surface area contributed by atoms with Crippen LogP contribution in [0.4, 0.5) is 0 Å². The highest BCUT2D eigenvalue weighted by atomic mass is 16.5. The molecule has 160 valence electrons. The molecule has 0 bridgehead atoms. The van der Waals surface area contributed by atoms with E-state index in [1.54, 1.807) is 14.2 Å². The lowest BCUT2D eigenvalue weighted by molar-refractivity contribution is 0.291. The lowest BCUT2D eigenvalue weighted by atomic mass is 10.1. The lowest BCUT2D eigenvalue weighted by Gasteiger charge is -2.13. The number of imidazole rings is 1. The number of para-hydroxylation sites is 2. The van der Waals surface area contributed by atoms with Crippen LogP contribution >= 0.6 is 0 Å². The summed E-state index contributed by atoms with van der Waals surface area (Å²) in [5.41, 5.74) is 3.11. The molecular formula is C27H24N2O3. The van der Waals surface area contributed by atoms with Gasteiger partial charge in [-0.15, -0.1) is 0 Å². The standard InChI is InChI=1S/C27H24N2O3/c1-30-25-14-11-19(15-26(25)31-2)17-29-24-10-6-5-9-23(24)28-27(29)18-32-22-13-12-20-7-3-4-8-21(20)16-22/h3-16H,17-18H2,1-2H3. The Labute approximate surface area is 186 Å². The molecule has 0 radical (unpaired) electrons. The highest BCUT2D eigenvalue weighted by Crippen LogP contribution is 2.29. The van der Waals surface area contributed by atoms with E-state index in [0.29, 0.717) is 24.7 Å². The molecule has 5 heteroatoms. The maximum absolute atomic E-state index is 6.16. The number of hydrogen-bond donors (Lipinski definition) is 0. The third kappa shape index (κ3) is 3.85. The Balaban J connectivity index is 1.46. The molecule has 0 aliphatic heterocycles. The molecule has 5 aromatic rings. The molecule has 5 nitrogen and oxygen atoms in total. The molecule has 0 fully saturated rings. The summed E-state index contributed by atoms with van der Waals surface area (Å²) in [5, 5.41) is 2.35.